The van der Waals surface area contributed by atoms with Crippen LogP contribution < -0.4 is 5.32 Å². The van der Waals surface area contributed by atoms with Gasteiger partial charge in [0.1, 0.15) is 0 Å². The molecule has 1 aromatic heterocycles. The zero-order chi connectivity index (χ0) is 12.2. The Labute approximate surface area is 102 Å². The molecule has 0 amide bonds. The number of aromatic nitrogens is 1. The van der Waals surface area contributed by atoms with E-state index >= 15 is 0 Å². The minimum atomic E-state index is -0.276. The van der Waals surface area contributed by atoms with Gasteiger partial charge >= 0.3 is 0 Å². The van der Waals surface area contributed by atoms with Gasteiger partial charge < -0.3 is 10.4 Å². The fraction of sp³-hybridized carbons (Fsp3) is 0.750. The summed E-state index contributed by atoms with van der Waals surface area (Å²) in [5, 5.41) is 13.4. The maximum Gasteiger partial charge on any atom is 0.0794 e. The molecule has 0 spiro atoms. The van der Waals surface area contributed by atoms with Crippen LogP contribution in [0.4, 0.5) is 0 Å². The van der Waals surface area contributed by atoms with E-state index in [0.29, 0.717) is 5.92 Å². The number of nitrogens with zero attached hydrogens (tertiary/aromatic N) is 1. The van der Waals surface area contributed by atoms with Crippen molar-refractivity contribution in [1.82, 2.24) is 10.3 Å². The Morgan fingerprint density at radius 2 is 2.19 bits per heavy atom. The van der Waals surface area contributed by atoms with Gasteiger partial charge in [-0.05, 0) is 5.92 Å². The van der Waals surface area contributed by atoms with Crippen LogP contribution in [0.2, 0.25) is 0 Å². The molecule has 0 aliphatic rings. The maximum atomic E-state index is 10.1. The molecule has 0 fully saturated rings. The molecular weight excluding hydrogens is 220 g/mol. The molecule has 3 nitrogen and oxygen atoms in total. The summed E-state index contributed by atoms with van der Waals surface area (Å²) in [6, 6.07) is 0. The zero-order valence-electron chi connectivity index (χ0n) is 10.5. The van der Waals surface area contributed by atoms with Crippen molar-refractivity contribution in [3.8, 4) is 0 Å². The molecule has 0 radical (unpaired) electrons. The number of aliphatic hydroxyl groups is 1. The summed E-state index contributed by atoms with van der Waals surface area (Å²) in [7, 11) is 0. The lowest BCUT2D eigenvalue weighted by Gasteiger charge is -2.33. The minimum Gasteiger partial charge on any atom is -0.392 e. The average molecular weight is 242 g/mol. The molecule has 92 valence electrons. The van der Waals surface area contributed by atoms with E-state index in [1.165, 1.54) is 4.88 Å². The van der Waals surface area contributed by atoms with Gasteiger partial charge in [0, 0.05) is 29.6 Å². The molecule has 1 heterocycles. The van der Waals surface area contributed by atoms with Gasteiger partial charge in [-0.25, -0.2) is 0 Å². The van der Waals surface area contributed by atoms with Crippen molar-refractivity contribution in [3.63, 3.8) is 0 Å². The van der Waals surface area contributed by atoms with Crippen molar-refractivity contribution in [2.24, 2.45) is 11.3 Å². The Hall–Kier alpha value is -0.450. The summed E-state index contributed by atoms with van der Waals surface area (Å²) < 4.78 is 0. The van der Waals surface area contributed by atoms with Crippen molar-refractivity contribution in [3.05, 3.63) is 16.6 Å². The normalized spacial score (nSPS) is 14.4. The molecule has 0 bridgehead atoms. The number of aliphatic hydroxyl groups excluding tert-OH is 1. The first kappa shape index (κ1) is 13.6. The van der Waals surface area contributed by atoms with Crippen molar-refractivity contribution >= 4 is 11.3 Å². The highest BCUT2D eigenvalue weighted by molar-refractivity contribution is 7.09. The largest absolute Gasteiger partial charge is 0.392 e. The molecule has 1 unspecified atom stereocenters. The number of nitrogens with one attached hydrogen (secondary N) is 1. The monoisotopic (exact) mass is 242 g/mol. The topological polar surface area (TPSA) is 45.1 Å². The summed E-state index contributed by atoms with van der Waals surface area (Å²) >= 11 is 1.65. The highest BCUT2D eigenvalue weighted by Gasteiger charge is 2.29. The first-order valence-corrected chi connectivity index (χ1v) is 6.57. The lowest BCUT2D eigenvalue weighted by molar-refractivity contribution is 0.0135. The van der Waals surface area contributed by atoms with E-state index < -0.39 is 0 Å². The van der Waals surface area contributed by atoms with E-state index in [1.54, 1.807) is 11.3 Å². The first-order valence-electron chi connectivity index (χ1n) is 5.69. The van der Waals surface area contributed by atoms with Crippen LogP contribution >= 0.6 is 11.3 Å². The minimum absolute atomic E-state index is 0.0984. The van der Waals surface area contributed by atoms with Crippen molar-refractivity contribution in [2.75, 3.05) is 6.54 Å². The second-order valence-electron chi connectivity index (χ2n) is 5.25. The fourth-order valence-electron chi connectivity index (χ4n) is 1.84. The third-order valence-corrected chi connectivity index (χ3v) is 3.58. The van der Waals surface area contributed by atoms with Crippen LogP contribution in [0.3, 0.4) is 0 Å². The smallest absolute Gasteiger partial charge is 0.0794 e. The summed E-state index contributed by atoms with van der Waals surface area (Å²) in [5.41, 5.74) is 1.74. The van der Waals surface area contributed by atoms with E-state index in [2.05, 4.69) is 38.0 Å². The lowest BCUT2D eigenvalue weighted by Crippen LogP contribution is -2.41. The standard InChI is InChI=1S/C12H22N2OS/c1-9(2)11(15)12(3,4)7-13-5-10-6-14-8-16-10/h6,8-9,11,13,15H,5,7H2,1-4H3. The molecule has 0 saturated heterocycles. The van der Waals surface area contributed by atoms with E-state index in [1.807, 2.05) is 11.7 Å². The third kappa shape index (κ3) is 3.85. The van der Waals surface area contributed by atoms with Crippen LogP contribution in [0.25, 0.3) is 0 Å². The van der Waals surface area contributed by atoms with Gasteiger partial charge in [0.2, 0.25) is 0 Å². The van der Waals surface area contributed by atoms with E-state index in [9.17, 15) is 5.11 Å². The van der Waals surface area contributed by atoms with Crippen LogP contribution in [-0.2, 0) is 6.54 Å². The lowest BCUT2D eigenvalue weighted by atomic mass is 9.81. The Morgan fingerprint density at radius 1 is 1.50 bits per heavy atom. The molecule has 0 aliphatic heterocycles. The summed E-state index contributed by atoms with van der Waals surface area (Å²) in [4.78, 5) is 5.26. The van der Waals surface area contributed by atoms with Gasteiger partial charge in [-0.1, -0.05) is 27.7 Å². The quantitative estimate of drug-likeness (QED) is 0.804. The Balaban J connectivity index is 2.36. The zero-order valence-corrected chi connectivity index (χ0v) is 11.3. The van der Waals surface area contributed by atoms with E-state index in [0.717, 1.165) is 13.1 Å². The molecule has 0 aliphatic carbocycles. The van der Waals surface area contributed by atoms with Crippen LogP contribution in [0.15, 0.2) is 11.7 Å². The summed E-state index contributed by atoms with van der Waals surface area (Å²) in [6.45, 7) is 9.93. The second-order valence-corrected chi connectivity index (χ2v) is 6.22. The van der Waals surface area contributed by atoms with Gasteiger partial charge in [0.15, 0.2) is 0 Å². The van der Waals surface area contributed by atoms with Crippen molar-refractivity contribution in [1.29, 1.82) is 0 Å². The number of rotatable bonds is 6. The number of hydrogen-bond acceptors (Lipinski definition) is 4. The maximum absolute atomic E-state index is 10.1. The van der Waals surface area contributed by atoms with Crippen molar-refractivity contribution in [2.45, 2.75) is 40.3 Å². The van der Waals surface area contributed by atoms with E-state index in [4.69, 9.17) is 0 Å². The Kier molecular flexibility index (Phi) is 4.89. The number of hydrogen-bond donors (Lipinski definition) is 2. The molecule has 16 heavy (non-hydrogen) atoms. The van der Waals surface area contributed by atoms with Gasteiger partial charge in [-0.15, -0.1) is 11.3 Å². The van der Waals surface area contributed by atoms with Gasteiger partial charge in [0.25, 0.3) is 0 Å². The van der Waals surface area contributed by atoms with Crippen LogP contribution in [0.5, 0.6) is 0 Å². The summed E-state index contributed by atoms with van der Waals surface area (Å²) in [6.07, 6.45) is 1.60. The second kappa shape index (κ2) is 5.75. The summed E-state index contributed by atoms with van der Waals surface area (Å²) in [5.74, 6) is 0.292. The van der Waals surface area contributed by atoms with Crippen LogP contribution in [-0.4, -0.2) is 22.7 Å². The van der Waals surface area contributed by atoms with Crippen LogP contribution in [0.1, 0.15) is 32.6 Å². The molecule has 0 aromatic carbocycles. The highest BCUT2D eigenvalue weighted by Crippen LogP contribution is 2.25. The first-order chi connectivity index (χ1) is 7.43. The molecular formula is C12H22N2OS. The Bertz CT molecular complexity index is 296. The molecule has 2 N–H and O–H groups in total. The molecule has 4 heteroatoms. The predicted molar refractivity (Wildman–Crippen MR) is 68.4 cm³/mol. The fourth-order valence-corrected chi connectivity index (χ4v) is 2.41. The van der Waals surface area contributed by atoms with Gasteiger partial charge in [-0.3, -0.25) is 4.98 Å². The molecule has 0 saturated carbocycles. The Morgan fingerprint density at radius 3 is 2.69 bits per heavy atom. The average Bonchev–Trinajstić information content (AvgIpc) is 2.69. The highest BCUT2D eigenvalue weighted by atomic mass is 32.1. The van der Waals surface area contributed by atoms with Crippen molar-refractivity contribution < 1.29 is 5.11 Å². The van der Waals surface area contributed by atoms with E-state index in [-0.39, 0.29) is 11.5 Å². The third-order valence-electron chi connectivity index (χ3n) is 2.80. The molecule has 1 rings (SSSR count). The van der Waals surface area contributed by atoms with Crippen LogP contribution in [0, 0.1) is 11.3 Å². The SMILES string of the molecule is CC(C)C(O)C(C)(C)CNCc1cncs1. The molecule has 1 atom stereocenters. The van der Waals surface area contributed by atoms with Gasteiger partial charge in [-0.2, -0.15) is 0 Å². The van der Waals surface area contributed by atoms with Gasteiger partial charge in [0.05, 0.1) is 11.6 Å². The molecule has 1 aromatic rings. The predicted octanol–water partition coefficient (Wildman–Crippen LogP) is 2.28. The number of thiazole rings is 1.